The Bertz CT molecular complexity index is 569. The van der Waals surface area contributed by atoms with E-state index in [4.69, 9.17) is 0 Å². The molecule has 0 radical (unpaired) electrons. The Hall–Kier alpha value is -1.62. The van der Waals surface area contributed by atoms with Gasteiger partial charge in [-0.25, -0.2) is 9.67 Å². The fourth-order valence-electron chi connectivity index (χ4n) is 3.11. The van der Waals surface area contributed by atoms with Gasteiger partial charge < -0.3 is 9.88 Å². The SMILES string of the molecule is CCCn1ncnc1Cn1cc2c(c1)C(NC)CCC2. The third-order valence-corrected chi connectivity index (χ3v) is 4.12. The number of fused-ring (bicyclic) bond motifs is 1. The highest BCUT2D eigenvalue weighted by Gasteiger charge is 2.20. The number of hydrogen-bond acceptors (Lipinski definition) is 3. The van der Waals surface area contributed by atoms with Gasteiger partial charge in [-0.05, 0) is 43.9 Å². The maximum atomic E-state index is 4.39. The van der Waals surface area contributed by atoms with E-state index in [9.17, 15) is 0 Å². The van der Waals surface area contributed by atoms with Crippen LogP contribution in [0.15, 0.2) is 18.7 Å². The molecule has 0 aromatic carbocycles. The van der Waals surface area contributed by atoms with Crippen molar-refractivity contribution in [3.63, 3.8) is 0 Å². The monoisotopic (exact) mass is 273 g/mol. The highest BCUT2D eigenvalue weighted by Crippen LogP contribution is 2.30. The van der Waals surface area contributed by atoms with E-state index in [2.05, 4.69) is 46.3 Å². The third-order valence-electron chi connectivity index (χ3n) is 4.12. The fraction of sp³-hybridized carbons (Fsp3) is 0.600. The molecule has 20 heavy (non-hydrogen) atoms. The zero-order valence-electron chi connectivity index (χ0n) is 12.3. The summed E-state index contributed by atoms with van der Waals surface area (Å²) in [5, 5.41) is 7.71. The van der Waals surface area contributed by atoms with Crippen LogP contribution >= 0.6 is 0 Å². The molecule has 108 valence electrons. The second-order valence-corrected chi connectivity index (χ2v) is 5.54. The lowest BCUT2D eigenvalue weighted by Gasteiger charge is -2.21. The van der Waals surface area contributed by atoms with Crippen LogP contribution in [0.1, 0.15) is 49.2 Å². The van der Waals surface area contributed by atoms with Gasteiger partial charge in [0.25, 0.3) is 0 Å². The van der Waals surface area contributed by atoms with Crippen LogP contribution in [0.4, 0.5) is 0 Å². The van der Waals surface area contributed by atoms with E-state index in [-0.39, 0.29) is 0 Å². The minimum atomic E-state index is 0.508. The molecule has 0 saturated carbocycles. The lowest BCUT2D eigenvalue weighted by Crippen LogP contribution is -2.20. The lowest BCUT2D eigenvalue weighted by atomic mass is 9.91. The maximum absolute atomic E-state index is 4.39. The highest BCUT2D eigenvalue weighted by atomic mass is 15.3. The largest absolute Gasteiger partial charge is 0.346 e. The maximum Gasteiger partial charge on any atom is 0.146 e. The number of nitrogens with zero attached hydrogens (tertiary/aromatic N) is 4. The second kappa shape index (κ2) is 5.79. The molecular weight excluding hydrogens is 250 g/mol. The first-order valence-electron chi connectivity index (χ1n) is 7.54. The zero-order valence-corrected chi connectivity index (χ0v) is 12.3. The molecule has 1 aliphatic rings. The normalized spacial score (nSPS) is 18.2. The van der Waals surface area contributed by atoms with Crippen LogP contribution in [0.5, 0.6) is 0 Å². The summed E-state index contributed by atoms with van der Waals surface area (Å²) in [6.07, 6.45) is 11.0. The van der Waals surface area contributed by atoms with Crippen LogP contribution in [0.3, 0.4) is 0 Å². The minimum Gasteiger partial charge on any atom is -0.346 e. The van der Waals surface area contributed by atoms with Crippen LogP contribution in [0.2, 0.25) is 0 Å². The van der Waals surface area contributed by atoms with Gasteiger partial charge in [0.2, 0.25) is 0 Å². The van der Waals surface area contributed by atoms with Crippen LogP contribution in [0.25, 0.3) is 0 Å². The van der Waals surface area contributed by atoms with E-state index in [1.165, 1.54) is 30.4 Å². The number of nitrogens with one attached hydrogen (secondary N) is 1. The van der Waals surface area contributed by atoms with Crippen LogP contribution in [-0.2, 0) is 19.5 Å². The standard InChI is InChI=1S/C15H23N5/c1-3-7-20-15(17-11-18-20)10-19-8-12-5-4-6-14(16-2)13(12)9-19/h8-9,11,14,16H,3-7,10H2,1-2H3. The first kappa shape index (κ1) is 13.4. The van der Waals surface area contributed by atoms with E-state index >= 15 is 0 Å². The van der Waals surface area contributed by atoms with Gasteiger partial charge in [0.05, 0.1) is 6.54 Å². The Kier molecular flexibility index (Phi) is 3.87. The van der Waals surface area contributed by atoms with Crippen molar-refractivity contribution in [3.8, 4) is 0 Å². The molecular formula is C15H23N5. The van der Waals surface area contributed by atoms with Gasteiger partial charge in [0.1, 0.15) is 12.2 Å². The predicted octanol–water partition coefficient (Wildman–Crippen LogP) is 2.13. The molecule has 0 spiro atoms. The van der Waals surface area contributed by atoms with Gasteiger partial charge in [-0.2, -0.15) is 5.10 Å². The van der Waals surface area contributed by atoms with E-state index < -0.39 is 0 Å². The summed E-state index contributed by atoms with van der Waals surface area (Å²) in [6, 6.07) is 0.508. The Labute approximate surface area is 120 Å². The lowest BCUT2D eigenvalue weighted by molar-refractivity contribution is 0.498. The quantitative estimate of drug-likeness (QED) is 0.908. The third kappa shape index (κ3) is 2.50. The predicted molar refractivity (Wildman–Crippen MR) is 78.6 cm³/mol. The number of rotatable bonds is 5. The van der Waals surface area contributed by atoms with Crippen molar-refractivity contribution in [2.45, 2.75) is 51.7 Å². The van der Waals surface area contributed by atoms with Crippen molar-refractivity contribution in [1.82, 2.24) is 24.6 Å². The Morgan fingerprint density at radius 3 is 3.10 bits per heavy atom. The van der Waals surface area contributed by atoms with E-state index in [0.717, 1.165) is 25.3 Å². The topological polar surface area (TPSA) is 47.7 Å². The molecule has 0 fully saturated rings. The van der Waals surface area contributed by atoms with E-state index in [0.29, 0.717) is 6.04 Å². The molecule has 2 heterocycles. The minimum absolute atomic E-state index is 0.508. The van der Waals surface area contributed by atoms with Crippen molar-refractivity contribution < 1.29 is 0 Å². The smallest absolute Gasteiger partial charge is 0.146 e. The van der Waals surface area contributed by atoms with E-state index in [1.807, 2.05) is 4.68 Å². The molecule has 0 saturated heterocycles. The molecule has 1 atom stereocenters. The molecule has 1 aliphatic carbocycles. The number of aromatic nitrogens is 4. The molecule has 1 unspecified atom stereocenters. The summed E-state index contributed by atoms with van der Waals surface area (Å²) in [5.41, 5.74) is 2.94. The van der Waals surface area contributed by atoms with Gasteiger partial charge in [0.15, 0.2) is 0 Å². The van der Waals surface area contributed by atoms with Crippen molar-refractivity contribution in [2.75, 3.05) is 7.05 Å². The highest BCUT2D eigenvalue weighted by molar-refractivity contribution is 5.30. The van der Waals surface area contributed by atoms with Crippen molar-refractivity contribution in [3.05, 3.63) is 35.7 Å². The number of hydrogen-bond donors (Lipinski definition) is 1. The van der Waals surface area contributed by atoms with E-state index in [1.54, 1.807) is 6.33 Å². The molecule has 2 aromatic heterocycles. The average Bonchev–Trinajstić information content (AvgIpc) is 3.06. The summed E-state index contributed by atoms with van der Waals surface area (Å²) in [6.45, 7) is 3.91. The molecule has 0 aliphatic heterocycles. The fourth-order valence-corrected chi connectivity index (χ4v) is 3.11. The Balaban J connectivity index is 1.81. The average molecular weight is 273 g/mol. The molecule has 2 aromatic rings. The van der Waals surface area contributed by atoms with Crippen molar-refractivity contribution in [2.24, 2.45) is 0 Å². The van der Waals surface area contributed by atoms with Crippen LogP contribution in [-0.4, -0.2) is 26.4 Å². The van der Waals surface area contributed by atoms with Crippen molar-refractivity contribution in [1.29, 1.82) is 0 Å². The summed E-state index contributed by atoms with van der Waals surface area (Å²) in [5.74, 6) is 1.04. The van der Waals surface area contributed by atoms with Gasteiger partial charge >= 0.3 is 0 Å². The second-order valence-electron chi connectivity index (χ2n) is 5.54. The van der Waals surface area contributed by atoms with Crippen molar-refractivity contribution >= 4 is 0 Å². The zero-order chi connectivity index (χ0) is 13.9. The molecule has 5 nitrogen and oxygen atoms in total. The van der Waals surface area contributed by atoms with Gasteiger partial charge in [-0.1, -0.05) is 6.92 Å². The summed E-state index contributed by atoms with van der Waals surface area (Å²) in [4.78, 5) is 4.39. The molecule has 1 N–H and O–H groups in total. The molecule has 0 amide bonds. The Morgan fingerprint density at radius 2 is 2.30 bits per heavy atom. The summed E-state index contributed by atoms with van der Waals surface area (Å²) < 4.78 is 4.27. The molecule has 3 rings (SSSR count). The Morgan fingerprint density at radius 1 is 1.40 bits per heavy atom. The first-order chi connectivity index (χ1) is 9.81. The number of aryl methyl sites for hydroxylation is 2. The molecule has 5 heteroatoms. The van der Waals surface area contributed by atoms with Gasteiger partial charge in [0, 0.05) is 25.0 Å². The first-order valence-corrected chi connectivity index (χ1v) is 7.54. The van der Waals surface area contributed by atoms with Crippen LogP contribution in [0, 0.1) is 0 Å². The molecule has 0 bridgehead atoms. The van der Waals surface area contributed by atoms with Gasteiger partial charge in [-0.3, -0.25) is 0 Å². The summed E-state index contributed by atoms with van der Waals surface area (Å²) >= 11 is 0. The van der Waals surface area contributed by atoms with Gasteiger partial charge in [-0.15, -0.1) is 0 Å². The van der Waals surface area contributed by atoms with Crippen LogP contribution < -0.4 is 5.32 Å². The summed E-state index contributed by atoms with van der Waals surface area (Å²) in [7, 11) is 2.05.